The van der Waals surface area contributed by atoms with Gasteiger partial charge >= 0.3 is 12.0 Å². The lowest BCUT2D eigenvalue weighted by Gasteiger charge is -2.18. The third kappa shape index (κ3) is 3.39. The molecular weight excluding hydrogens is 244 g/mol. The molecule has 3 fully saturated rings. The average molecular weight is 266 g/mol. The standard InChI is InChI=1S/C14H22N2O3/c17-13(18)12(10-5-6-10)16-14(19)15-7-11(8-1-2-8)9-3-4-9/h8-12H,1-7H2,(H,17,18)(H2,15,16,19). The Balaban J connectivity index is 1.43. The average Bonchev–Trinajstić information content (AvgIpc) is 3.23. The van der Waals surface area contributed by atoms with E-state index in [1.54, 1.807) is 0 Å². The van der Waals surface area contributed by atoms with Gasteiger partial charge in [0.05, 0.1) is 0 Å². The first-order chi connectivity index (χ1) is 9.15. The molecule has 0 heterocycles. The number of hydrogen-bond acceptors (Lipinski definition) is 2. The van der Waals surface area contributed by atoms with E-state index in [1.165, 1.54) is 25.7 Å². The molecule has 0 radical (unpaired) electrons. The quantitative estimate of drug-likeness (QED) is 0.654. The number of urea groups is 1. The lowest BCUT2D eigenvalue weighted by Crippen LogP contribution is -2.48. The Morgan fingerprint density at radius 1 is 1.00 bits per heavy atom. The van der Waals surface area contributed by atoms with Gasteiger partial charge in [-0.3, -0.25) is 0 Å². The summed E-state index contributed by atoms with van der Waals surface area (Å²) in [6.45, 7) is 0.707. The van der Waals surface area contributed by atoms with Crippen molar-refractivity contribution in [1.82, 2.24) is 10.6 Å². The molecule has 3 N–H and O–H groups in total. The van der Waals surface area contributed by atoms with Gasteiger partial charge in [0.1, 0.15) is 6.04 Å². The summed E-state index contributed by atoms with van der Waals surface area (Å²) in [5.74, 6) is 1.43. The molecule has 106 valence electrons. The summed E-state index contributed by atoms with van der Waals surface area (Å²) in [4.78, 5) is 22.8. The summed E-state index contributed by atoms with van der Waals surface area (Å²) >= 11 is 0. The summed E-state index contributed by atoms with van der Waals surface area (Å²) in [5.41, 5.74) is 0. The molecule has 2 amide bonds. The van der Waals surface area contributed by atoms with Crippen LogP contribution in [0.5, 0.6) is 0 Å². The molecule has 0 aromatic carbocycles. The monoisotopic (exact) mass is 266 g/mol. The molecule has 0 spiro atoms. The number of amides is 2. The van der Waals surface area contributed by atoms with Crippen molar-refractivity contribution in [3.63, 3.8) is 0 Å². The first kappa shape index (κ1) is 12.8. The summed E-state index contributed by atoms with van der Waals surface area (Å²) in [6.07, 6.45) is 7.00. The zero-order valence-electron chi connectivity index (χ0n) is 11.1. The molecule has 3 saturated carbocycles. The van der Waals surface area contributed by atoms with E-state index in [0.717, 1.165) is 24.7 Å². The van der Waals surface area contributed by atoms with Crippen molar-refractivity contribution in [3.8, 4) is 0 Å². The third-order valence-corrected chi connectivity index (χ3v) is 4.60. The van der Waals surface area contributed by atoms with Crippen LogP contribution >= 0.6 is 0 Å². The first-order valence-electron chi connectivity index (χ1n) is 7.42. The highest BCUT2D eigenvalue weighted by Crippen LogP contribution is 2.48. The maximum absolute atomic E-state index is 11.8. The van der Waals surface area contributed by atoms with Crippen molar-refractivity contribution in [2.24, 2.45) is 23.7 Å². The second-order valence-corrected chi connectivity index (χ2v) is 6.35. The summed E-state index contributed by atoms with van der Waals surface area (Å²) < 4.78 is 0. The molecule has 19 heavy (non-hydrogen) atoms. The zero-order chi connectivity index (χ0) is 13.4. The second-order valence-electron chi connectivity index (χ2n) is 6.35. The lowest BCUT2D eigenvalue weighted by molar-refractivity contribution is -0.139. The van der Waals surface area contributed by atoms with E-state index in [0.29, 0.717) is 12.5 Å². The van der Waals surface area contributed by atoms with Crippen molar-refractivity contribution in [2.45, 2.75) is 44.6 Å². The number of carbonyl (C=O) groups is 2. The van der Waals surface area contributed by atoms with Gasteiger partial charge in [0, 0.05) is 6.54 Å². The van der Waals surface area contributed by atoms with Crippen LogP contribution in [0.1, 0.15) is 38.5 Å². The van der Waals surface area contributed by atoms with Gasteiger partial charge in [-0.2, -0.15) is 0 Å². The van der Waals surface area contributed by atoms with E-state index < -0.39 is 12.0 Å². The Morgan fingerprint density at radius 3 is 1.95 bits per heavy atom. The van der Waals surface area contributed by atoms with E-state index in [4.69, 9.17) is 5.11 Å². The molecule has 0 aromatic heterocycles. The highest BCUT2D eigenvalue weighted by molar-refractivity contribution is 5.83. The van der Waals surface area contributed by atoms with Gasteiger partial charge in [0.25, 0.3) is 0 Å². The van der Waals surface area contributed by atoms with Crippen molar-refractivity contribution >= 4 is 12.0 Å². The summed E-state index contributed by atoms with van der Waals surface area (Å²) in [5, 5.41) is 14.5. The normalized spacial score (nSPS) is 24.1. The minimum atomic E-state index is -0.918. The molecule has 5 heteroatoms. The zero-order valence-corrected chi connectivity index (χ0v) is 11.1. The molecule has 0 aliphatic heterocycles. The largest absolute Gasteiger partial charge is 0.480 e. The topological polar surface area (TPSA) is 78.4 Å². The number of hydrogen-bond donors (Lipinski definition) is 3. The van der Waals surface area contributed by atoms with Crippen LogP contribution in [0.25, 0.3) is 0 Å². The number of aliphatic carboxylic acids is 1. The summed E-state index contributed by atoms with van der Waals surface area (Å²) in [7, 11) is 0. The molecule has 3 aliphatic rings. The van der Waals surface area contributed by atoms with Crippen LogP contribution < -0.4 is 10.6 Å². The van der Waals surface area contributed by atoms with Gasteiger partial charge in [-0.25, -0.2) is 9.59 Å². The third-order valence-electron chi connectivity index (χ3n) is 4.60. The fraction of sp³-hybridized carbons (Fsp3) is 0.857. The van der Waals surface area contributed by atoms with Crippen LogP contribution in [0, 0.1) is 23.7 Å². The van der Waals surface area contributed by atoms with Crippen molar-refractivity contribution < 1.29 is 14.7 Å². The van der Waals surface area contributed by atoms with E-state index in [2.05, 4.69) is 10.6 Å². The highest BCUT2D eigenvalue weighted by Gasteiger charge is 2.41. The van der Waals surface area contributed by atoms with E-state index in [9.17, 15) is 9.59 Å². The SMILES string of the molecule is O=C(NCC(C1CC1)C1CC1)NC(C(=O)O)C1CC1. The van der Waals surface area contributed by atoms with E-state index in [-0.39, 0.29) is 11.9 Å². The lowest BCUT2D eigenvalue weighted by atomic mass is 9.98. The summed E-state index contributed by atoms with van der Waals surface area (Å²) in [6, 6.07) is -1.02. The fourth-order valence-electron chi connectivity index (χ4n) is 2.98. The molecule has 0 bridgehead atoms. The molecule has 3 aliphatic carbocycles. The molecule has 3 rings (SSSR count). The van der Waals surface area contributed by atoms with Crippen molar-refractivity contribution in [1.29, 1.82) is 0 Å². The predicted molar refractivity (Wildman–Crippen MR) is 69.6 cm³/mol. The van der Waals surface area contributed by atoms with Crippen molar-refractivity contribution in [2.75, 3.05) is 6.54 Å². The van der Waals surface area contributed by atoms with Crippen LogP contribution in [0.3, 0.4) is 0 Å². The molecule has 0 aromatic rings. The number of carboxylic acid groups (broad SMARTS) is 1. The van der Waals surface area contributed by atoms with Gasteiger partial charge in [0.15, 0.2) is 0 Å². The Labute approximate surface area is 113 Å². The Kier molecular flexibility index (Phi) is 3.37. The molecule has 0 saturated heterocycles. The number of rotatable bonds is 7. The van der Waals surface area contributed by atoms with Crippen molar-refractivity contribution in [3.05, 3.63) is 0 Å². The van der Waals surface area contributed by atoms with E-state index >= 15 is 0 Å². The van der Waals surface area contributed by atoms with Crippen LogP contribution in [0.2, 0.25) is 0 Å². The minimum absolute atomic E-state index is 0.130. The fourth-order valence-corrected chi connectivity index (χ4v) is 2.98. The molecule has 1 atom stereocenters. The van der Waals surface area contributed by atoms with Crippen LogP contribution in [-0.4, -0.2) is 29.7 Å². The van der Waals surface area contributed by atoms with Crippen LogP contribution in [-0.2, 0) is 4.79 Å². The molecular formula is C14H22N2O3. The Morgan fingerprint density at radius 2 is 1.53 bits per heavy atom. The van der Waals surface area contributed by atoms with Gasteiger partial charge in [-0.1, -0.05) is 0 Å². The predicted octanol–water partition coefficient (Wildman–Crippen LogP) is 1.58. The maximum atomic E-state index is 11.8. The number of carbonyl (C=O) groups excluding carboxylic acids is 1. The number of nitrogens with one attached hydrogen (secondary N) is 2. The molecule has 5 nitrogen and oxygen atoms in total. The Hall–Kier alpha value is -1.26. The van der Waals surface area contributed by atoms with E-state index in [1.807, 2.05) is 0 Å². The smallest absolute Gasteiger partial charge is 0.326 e. The van der Waals surface area contributed by atoms with Gasteiger partial charge in [0.2, 0.25) is 0 Å². The minimum Gasteiger partial charge on any atom is -0.480 e. The van der Waals surface area contributed by atoms with Crippen LogP contribution in [0.15, 0.2) is 0 Å². The second kappa shape index (κ2) is 5.02. The first-order valence-corrected chi connectivity index (χ1v) is 7.42. The van der Waals surface area contributed by atoms with Crippen LogP contribution in [0.4, 0.5) is 4.79 Å². The van der Waals surface area contributed by atoms with Gasteiger partial charge < -0.3 is 15.7 Å². The maximum Gasteiger partial charge on any atom is 0.326 e. The number of carboxylic acids is 1. The Bertz CT molecular complexity index is 361. The van der Waals surface area contributed by atoms with Gasteiger partial charge in [-0.05, 0) is 62.2 Å². The highest BCUT2D eigenvalue weighted by atomic mass is 16.4. The molecule has 1 unspecified atom stereocenters. The van der Waals surface area contributed by atoms with Gasteiger partial charge in [-0.15, -0.1) is 0 Å².